The summed E-state index contributed by atoms with van der Waals surface area (Å²) in [6.07, 6.45) is 7.59. The molecular weight excluding hydrogens is 204 g/mol. The fraction of sp³-hybridized carbons (Fsp3) is 0.667. The smallest absolute Gasteiger partial charge is 0.249 e. The van der Waals surface area contributed by atoms with Gasteiger partial charge in [-0.05, 0) is 25.7 Å². The largest absolute Gasteiger partial charge is 0.342 e. The van der Waals surface area contributed by atoms with Gasteiger partial charge < -0.3 is 10.2 Å². The minimum absolute atomic E-state index is 0.0289. The van der Waals surface area contributed by atoms with Gasteiger partial charge in [0, 0.05) is 13.0 Å². The number of rotatable bonds is 2. The molecule has 0 bridgehead atoms. The molecule has 4 nitrogen and oxygen atoms in total. The molecule has 4 heteroatoms. The van der Waals surface area contributed by atoms with Gasteiger partial charge in [-0.3, -0.25) is 9.59 Å². The highest BCUT2D eigenvalue weighted by Gasteiger charge is 2.50. The number of amides is 2. The summed E-state index contributed by atoms with van der Waals surface area (Å²) in [6, 6.07) is 0. The molecule has 0 aromatic carbocycles. The van der Waals surface area contributed by atoms with Gasteiger partial charge in [0.2, 0.25) is 11.8 Å². The molecule has 1 atom stereocenters. The molecule has 1 aliphatic carbocycles. The first-order valence-electron chi connectivity index (χ1n) is 5.62. The topological polar surface area (TPSA) is 49.4 Å². The van der Waals surface area contributed by atoms with Crippen LogP contribution in [0.25, 0.3) is 0 Å². The minimum Gasteiger partial charge on any atom is -0.342 e. The van der Waals surface area contributed by atoms with E-state index in [0.29, 0.717) is 13.0 Å². The number of hydrogen-bond donors (Lipinski definition) is 1. The van der Waals surface area contributed by atoms with Crippen molar-refractivity contribution in [3.63, 3.8) is 0 Å². The highest BCUT2D eigenvalue weighted by molar-refractivity contribution is 5.94. The van der Waals surface area contributed by atoms with Crippen LogP contribution in [0.15, 0.2) is 0 Å². The molecule has 1 unspecified atom stereocenters. The summed E-state index contributed by atoms with van der Waals surface area (Å²) in [5.41, 5.74) is -0.732. The maximum atomic E-state index is 12.3. The van der Waals surface area contributed by atoms with E-state index in [1.54, 1.807) is 4.90 Å². The van der Waals surface area contributed by atoms with Crippen molar-refractivity contribution in [3.05, 3.63) is 0 Å². The van der Waals surface area contributed by atoms with Crippen LogP contribution < -0.4 is 5.32 Å². The lowest BCUT2D eigenvalue weighted by Gasteiger charge is -2.31. The Morgan fingerprint density at radius 1 is 1.56 bits per heavy atom. The zero-order valence-corrected chi connectivity index (χ0v) is 9.45. The van der Waals surface area contributed by atoms with Gasteiger partial charge in [0.25, 0.3) is 0 Å². The maximum Gasteiger partial charge on any atom is 0.249 e. The van der Waals surface area contributed by atoms with Crippen LogP contribution in [0.4, 0.5) is 0 Å². The predicted octanol–water partition coefficient (Wildman–Crippen LogP) is 0.137. The van der Waals surface area contributed by atoms with E-state index < -0.39 is 5.54 Å². The van der Waals surface area contributed by atoms with E-state index in [0.717, 1.165) is 12.8 Å². The number of nitrogens with one attached hydrogen (secondary N) is 1. The van der Waals surface area contributed by atoms with Crippen molar-refractivity contribution in [2.24, 2.45) is 5.92 Å². The molecule has 2 aliphatic rings. The van der Waals surface area contributed by atoms with Crippen LogP contribution in [0.5, 0.6) is 0 Å². The van der Waals surface area contributed by atoms with Crippen molar-refractivity contribution in [2.45, 2.75) is 31.7 Å². The van der Waals surface area contributed by atoms with Crippen molar-refractivity contribution >= 4 is 11.8 Å². The van der Waals surface area contributed by atoms with Gasteiger partial charge in [0.05, 0.1) is 6.54 Å². The summed E-state index contributed by atoms with van der Waals surface area (Å²) in [6.45, 7) is 2.53. The Bertz CT molecular complexity index is 368. The SMILES string of the molecule is C#CCN1CCC(=O)NC(C)(C2CC2)C1=O. The molecule has 0 radical (unpaired) electrons. The Morgan fingerprint density at radius 3 is 2.81 bits per heavy atom. The summed E-state index contributed by atoms with van der Waals surface area (Å²) in [5.74, 6) is 2.67. The van der Waals surface area contributed by atoms with Crippen molar-refractivity contribution in [1.82, 2.24) is 10.2 Å². The summed E-state index contributed by atoms with van der Waals surface area (Å²) in [4.78, 5) is 25.5. The molecule has 1 saturated heterocycles. The zero-order valence-electron chi connectivity index (χ0n) is 9.45. The first-order chi connectivity index (χ1) is 7.58. The van der Waals surface area contributed by atoms with E-state index in [9.17, 15) is 9.59 Å². The monoisotopic (exact) mass is 220 g/mol. The molecule has 1 aliphatic heterocycles. The second kappa shape index (κ2) is 3.82. The van der Waals surface area contributed by atoms with E-state index >= 15 is 0 Å². The van der Waals surface area contributed by atoms with E-state index in [4.69, 9.17) is 6.42 Å². The van der Waals surface area contributed by atoms with E-state index in [1.807, 2.05) is 6.92 Å². The molecule has 2 rings (SSSR count). The van der Waals surface area contributed by atoms with Crippen LogP contribution in [0, 0.1) is 18.3 Å². The summed E-state index contributed by atoms with van der Waals surface area (Å²) in [7, 11) is 0. The van der Waals surface area contributed by atoms with Crippen LogP contribution in [-0.2, 0) is 9.59 Å². The Morgan fingerprint density at radius 2 is 2.25 bits per heavy atom. The van der Waals surface area contributed by atoms with E-state index in [2.05, 4.69) is 11.2 Å². The molecule has 86 valence electrons. The van der Waals surface area contributed by atoms with Gasteiger partial charge in [-0.15, -0.1) is 6.42 Å². The van der Waals surface area contributed by atoms with Crippen LogP contribution >= 0.6 is 0 Å². The molecule has 1 heterocycles. The van der Waals surface area contributed by atoms with Gasteiger partial charge in [-0.1, -0.05) is 5.92 Å². The second-order valence-corrected chi connectivity index (χ2v) is 4.71. The third kappa shape index (κ3) is 1.78. The standard InChI is InChI=1S/C12H16N2O2/c1-3-7-14-8-6-10(15)13-12(2,11(14)16)9-4-5-9/h1,9H,4-8H2,2H3,(H,13,15). The Hall–Kier alpha value is -1.50. The van der Waals surface area contributed by atoms with E-state index in [-0.39, 0.29) is 24.3 Å². The van der Waals surface area contributed by atoms with Crippen molar-refractivity contribution in [1.29, 1.82) is 0 Å². The van der Waals surface area contributed by atoms with Gasteiger partial charge in [0.15, 0.2) is 0 Å². The molecule has 2 amide bonds. The maximum absolute atomic E-state index is 12.3. The number of hydrogen-bond acceptors (Lipinski definition) is 2. The fourth-order valence-electron chi connectivity index (χ4n) is 2.27. The molecule has 1 N–H and O–H groups in total. The third-order valence-electron chi connectivity index (χ3n) is 3.42. The molecule has 0 aromatic rings. The quantitative estimate of drug-likeness (QED) is 0.673. The highest BCUT2D eigenvalue weighted by atomic mass is 16.2. The summed E-state index contributed by atoms with van der Waals surface area (Å²) < 4.78 is 0. The minimum atomic E-state index is -0.732. The summed E-state index contributed by atoms with van der Waals surface area (Å²) >= 11 is 0. The number of terminal acetylenes is 1. The molecule has 0 spiro atoms. The molecule has 1 saturated carbocycles. The van der Waals surface area contributed by atoms with Crippen LogP contribution in [0.2, 0.25) is 0 Å². The molecular formula is C12H16N2O2. The van der Waals surface area contributed by atoms with Crippen molar-refractivity contribution < 1.29 is 9.59 Å². The van der Waals surface area contributed by atoms with Crippen LogP contribution in [0.1, 0.15) is 26.2 Å². The number of carbonyl (C=O) groups excluding carboxylic acids is 2. The lowest BCUT2D eigenvalue weighted by atomic mass is 9.94. The van der Waals surface area contributed by atoms with Crippen LogP contribution in [0.3, 0.4) is 0 Å². The van der Waals surface area contributed by atoms with Gasteiger partial charge in [0.1, 0.15) is 5.54 Å². The second-order valence-electron chi connectivity index (χ2n) is 4.71. The van der Waals surface area contributed by atoms with Crippen molar-refractivity contribution in [3.8, 4) is 12.3 Å². The first-order valence-corrected chi connectivity index (χ1v) is 5.62. The first kappa shape index (κ1) is 11.0. The average molecular weight is 220 g/mol. The lowest BCUT2D eigenvalue weighted by molar-refractivity contribution is -0.138. The van der Waals surface area contributed by atoms with Gasteiger partial charge >= 0.3 is 0 Å². The predicted molar refractivity (Wildman–Crippen MR) is 59.3 cm³/mol. The Balaban J connectivity index is 2.24. The number of carbonyl (C=O) groups is 2. The average Bonchev–Trinajstić information content (AvgIpc) is 3.05. The summed E-state index contributed by atoms with van der Waals surface area (Å²) in [5, 5.41) is 2.86. The fourth-order valence-corrected chi connectivity index (χ4v) is 2.27. The normalized spacial score (nSPS) is 30.6. The van der Waals surface area contributed by atoms with Gasteiger partial charge in [-0.2, -0.15) is 0 Å². The Kier molecular flexibility index (Phi) is 2.63. The van der Waals surface area contributed by atoms with Crippen molar-refractivity contribution in [2.75, 3.05) is 13.1 Å². The van der Waals surface area contributed by atoms with Crippen LogP contribution in [-0.4, -0.2) is 35.3 Å². The highest BCUT2D eigenvalue weighted by Crippen LogP contribution is 2.41. The Labute approximate surface area is 95.4 Å². The molecule has 0 aromatic heterocycles. The zero-order chi connectivity index (χ0) is 11.8. The number of nitrogens with zero attached hydrogens (tertiary/aromatic N) is 1. The van der Waals surface area contributed by atoms with E-state index in [1.165, 1.54) is 0 Å². The van der Waals surface area contributed by atoms with Gasteiger partial charge in [-0.25, -0.2) is 0 Å². The third-order valence-corrected chi connectivity index (χ3v) is 3.42. The molecule has 16 heavy (non-hydrogen) atoms. The molecule has 2 fully saturated rings. The lowest BCUT2D eigenvalue weighted by Crippen LogP contribution is -2.56.